The Morgan fingerprint density at radius 2 is 1.50 bits per heavy atom. The fourth-order valence-electron chi connectivity index (χ4n) is 3.42. The molecule has 1 atom stereocenters. The van der Waals surface area contributed by atoms with Crippen LogP contribution < -0.4 is 9.80 Å². The number of hydrogen-bond acceptors (Lipinski definition) is 1. The van der Waals surface area contributed by atoms with E-state index in [-0.39, 0.29) is 0 Å². The summed E-state index contributed by atoms with van der Waals surface area (Å²) in [5, 5.41) is 0. The molecule has 3 rings (SSSR count). The van der Waals surface area contributed by atoms with Gasteiger partial charge in [0.1, 0.15) is 0 Å². The molecule has 1 fully saturated rings. The number of anilines is 1. The fraction of sp³-hybridized carbons (Fsp3) is 0.400. The van der Waals surface area contributed by atoms with E-state index in [1.807, 2.05) is 0 Å². The van der Waals surface area contributed by atoms with Crippen LogP contribution in [0.5, 0.6) is 0 Å². The smallest absolute Gasteiger partial charge is 0.0951 e. The molecule has 0 bridgehead atoms. The van der Waals surface area contributed by atoms with Crippen molar-refractivity contribution in [3.05, 3.63) is 66.2 Å². The maximum Gasteiger partial charge on any atom is 0.0951 e. The third kappa shape index (κ3) is 3.89. The molecular formula is C20H27N2+. The van der Waals surface area contributed by atoms with Gasteiger partial charge in [0.25, 0.3) is 0 Å². The van der Waals surface area contributed by atoms with E-state index in [0.717, 1.165) is 6.04 Å². The molecular weight excluding hydrogens is 268 g/mol. The highest BCUT2D eigenvalue weighted by atomic mass is 15.3. The Bertz CT molecular complexity index is 544. The quantitative estimate of drug-likeness (QED) is 0.890. The van der Waals surface area contributed by atoms with Crippen molar-refractivity contribution in [3.63, 3.8) is 0 Å². The van der Waals surface area contributed by atoms with Gasteiger partial charge in [-0.3, -0.25) is 0 Å². The summed E-state index contributed by atoms with van der Waals surface area (Å²) in [6.45, 7) is 7.27. The topological polar surface area (TPSA) is 7.68 Å². The first-order chi connectivity index (χ1) is 10.8. The summed E-state index contributed by atoms with van der Waals surface area (Å²) < 4.78 is 0. The van der Waals surface area contributed by atoms with E-state index in [2.05, 4.69) is 72.5 Å². The maximum absolute atomic E-state index is 2.52. The number of para-hydroxylation sites is 1. The van der Waals surface area contributed by atoms with Crippen LogP contribution in [0, 0.1) is 0 Å². The second kappa shape index (κ2) is 7.46. The van der Waals surface area contributed by atoms with E-state index < -0.39 is 0 Å². The first kappa shape index (κ1) is 15.1. The number of nitrogens with zero attached hydrogens (tertiary/aromatic N) is 1. The number of piperazine rings is 1. The Labute approximate surface area is 134 Å². The fourth-order valence-corrected chi connectivity index (χ4v) is 3.42. The van der Waals surface area contributed by atoms with Crippen LogP contribution in [0.1, 0.15) is 18.9 Å². The number of rotatable bonds is 5. The standard InChI is InChI=1S/C20H26N2/c1-18(12-13-19-8-4-2-5-9-19)21-14-16-22(17-15-21)20-10-6-3-7-11-20/h2-11,18H,12-17H2,1H3/p+1/t18-/m0/s1. The summed E-state index contributed by atoms with van der Waals surface area (Å²) in [5.41, 5.74) is 2.84. The molecule has 0 aromatic heterocycles. The zero-order chi connectivity index (χ0) is 15.2. The lowest BCUT2D eigenvalue weighted by molar-refractivity contribution is -0.924. The van der Waals surface area contributed by atoms with Crippen LogP contribution in [0.15, 0.2) is 60.7 Å². The van der Waals surface area contributed by atoms with Gasteiger partial charge in [-0.05, 0) is 31.0 Å². The van der Waals surface area contributed by atoms with E-state index in [9.17, 15) is 0 Å². The van der Waals surface area contributed by atoms with Crippen LogP contribution in [0.2, 0.25) is 0 Å². The first-order valence-corrected chi connectivity index (χ1v) is 8.51. The molecule has 0 radical (unpaired) electrons. The van der Waals surface area contributed by atoms with Gasteiger partial charge in [-0.15, -0.1) is 0 Å². The molecule has 1 N–H and O–H groups in total. The van der Waals surface area contributed by atoms with Crippen LogP contribution in [0.25, 0.3) is 0 Å². The van der Waals surface area contributed by atoms with Crippen LogP contribution in [-0.4, -0.2) is 32.2 Å². The number of benzene rings is 2. The number of nitrogens with one attached hydrogen (secondary N) is 1. The second-order valence-electron chi connectivity index (χ2n) is 6.41. The highest BCUT2D eigenvalue weighted by Crippen LogP contribution is 2.12. The minimum Gasteiger partial charge on any atom is -0.360 e. The van der Waals surface area contributed by atoms with E-state index >= 15 is 0 Å². The lowest BCUT2D eigenvalue weighted by Gasteiger charge is -2.36. The molecule has 1 saturated heterocycles. The molecule has 1 aliphatic rings. The van der Waals surface area contributed by atoms with Crippen molar-refractivity contribution in [1.82, 2.24) is 0 Å². The van der Waals surface area contributed by atoms with Crippen molar-refractivity contribution in [2.75, 3.05) is 31.1 Å². The van der Waals surface area contributed by atoms with E-state index in [1.54, 1.807) is 4.90 Å². The predicted molar refractivity (Wildman–Crippen MR) is 93.6 cm³/mol. The third-order valence-corrected chi connectivity index (χ3v) is 4.93. The zero-order valence-corrected chi connectivity index (χ0v) is 13.5. The Kier molecular flexibility index (Phi) is 5.12. The first-order valence-electron chi connectivity index (χ1n) is 8.51. The monoisotopic (exact) mass is 295 g/mol. The molecule has 116 valence electrons. The van der Waals surface area contributed by atoms with Crippen LogP contribution in [0.4, 0.5) is 5.69 Å². The number of hydrogen-bond donors (Lipinski definition) is 1. The zero-order valence-electron chi connectivity index (χ0n) is 13.5. The van der Waals surface area contributed by atoms with Gasteiger partial charge < -0.3 is 9.80 Å². The van der Waals surface area contributed by atoms with Crippen molar-refractivity contribution >= 4 is 5.69 Å². The summed E-state index contributed by atoms with van der Waals surface area (Å²) in [6, 6.07) is 22.4. The van der Waals surface area contributed by atoms with Crippen LogP contribution in [-0.2, 0) is 6.42 Å². The van der Waals surface area contributed by atoms with Crippen LogP contribution in [0.3, 0.4) is 0 Å². The summed E-state index contributed by atoms with van der Waals surface area (Å²) in [4.78, 5) is 4.29. The Hall–Kier alpha value is -1.80. The van der Waals surface area contributed by atoms with Crippen molar-refractivity contribution in [1.29, 1.82) is 0 Å². The Morgan fingerprint density at radius 3 is 2.14 bits per heavy atom. The molecule has 2 heteroatoms. The molecule has 2 nitrogen and oxygen atoms in total. The second-order valence-corrected chi connectivity index (χ2v) is 6.41. The van der Waals surface area contributed by atoms with Gasteiger partial charge in [-0.1, -0.05) is 48.5 Å². The van der Waals surface area contributed by atoms with Crippen LogP contribution >= 0.6 is 0 Å². The van der Waals surface area contributed by atoms with E-state index in [0.29, 0.717) is 0 Å². The minimum atomic E-state index is 0.748. The third-order valence-electron chi connectivity index (χ3n) is 4.93. The Morgan fingerprint density at radius 1 is 0.909 bits per heavy atom. The minimum absolute atomic E-state index is 0.748. The van der Waals surface area contributed by atoms with Crippen molar-refractivity contribution in [2.24, 2.45) is 0 Å². The van der Waals surface area contributed by atoms with E-state index in [1.165, 1.54) is 50.3 Å². The summed E-state index contributed by atoms with van der Waals surface area (Å²) in [7, 11) is 0. The average Bonchev–Trinajstić information content (AvgIpc) is 2.61. The van der Waals surface area contributed by atoms with Gasteiger partial charge >= 0.3 is 0 Å². The molecule has 0 spiro atoms. The largest absolute Gasteiger partial charge is 0.360 e. The van der Waals surface area contributed by atoms with Gasteiger partial charge in [0.2, 0.25) is 0 Å². The summed E-state index contributed by atoms with van der Waals surface area (Å²) in [6.07, 6.45) is 2.48. The van der Waals surface area contributed by atoms with Gasteiger partial charge in [-0.2, -0.15) is 0 Å². The maximum atomic E-state index is 2.52. The predicted octanol–water partition coefficient (Wildman–Crippen LogP) is 2.41. The van der Waals surface area contributed by atoms with Gasteiger partial charge in [0.15, 0.2) is 0 Å². The Balaban J connectivity index is 1.46. The molecule has 1 heterocycles. The van der Waals surface area contributed by atoms with Crippen molar-refractivity contribution < 1.29 is 4.90 Å². The number of aryl methyl sites for hydroxylation is 1. The molecule has 2 aromatic rings. The number of quaternary nitrogens is 1. The van der Waals surface area contributed by atoms with Crippen molar-refractivity contribution in [3.8, 4) is 0 Å². The molecule has 0 unspecified atom stereocenters. The van der Waals surface area contributed by atoms with Gasteiger partial charge in [0.05, 0.1) is 32.2 Å². The lowest BCUT2D eigenvalue weighted by Crippen LogP contribution is -3.18. The van der Waals surface area contributed by atoms with Crippen molar-refractivity contribution in [2.45, 2.75) is 25.8 Å². The normalized spacial score (nSPS) is 17.4. The molecule has 0 saturated carbocycles. The van der Waals surface area contributed by atoms with E-state index in [4.69, 9.17) is 0 Å². The molecule has 0 amide bonds. The molecule has 0 aliphatic carbocycles. The highest BCUT2D eigenvalue weighted by Gasteiger charge is 2.24. The molecule has 2 aromatic carbocycles. The SMILES string of the molecule is C[C@@H](CCc1ccccc1)[NH+]1CCN(c2ccccc2)CC1. The highest BCUT2D eigenvalue weighted by molar-refractivity contribution is 5.46. The van der Waals surface area contributed by atoms with Gasteiger partial charge in [0, 0.05) is 12.1 Å². The summed E-state index contributed by atoms with van der Waals surface area (Å²) >= 11 is 0. The van der Waals surface area contributed by atoms with Gasteiger partial charge in [-0.25, -0.2) is 0 Å². The molecule has 22 heavy (non-hydrogen) atoms. The average molecular weight is 295 g/mol. The molecule has 1 aliphatic heterocycles. The lowest BCUT2D eigenvalue weighted by atomic mass is 10.0. The summed E-state index contributed by atoms with van der Waals surface area (Å²) in [5.74, 6) is 0.